The summed E-state index contributed by atoms with van der Waals surface area (Å²) in [5.74, 6) is 0.742. The number of ether oxygens (including phenoxy) is 1. The van der Waals surface area contributed by atoms with Crippen molar-refractivity contribution in [3.05, 3.63) is 83.1 Å². The van der Waals surface area contributed by atoms with Gasteiger partial charge in [0.05, 0.1) is 0 Å². The Labute approximate surface area is 176 Å². The second kappa shape index (κ2) is 9.83. The number of hydrogen-bond donors (Lipinski definition) is 1. The first-order valence-electron chi connectivity index (χ1n) is 9.98. The van der Waals surface area contributed by atoms with E-state index in [0.29, 0.717) is 12.1 Å². The summed E-state index contributed by atoms with van der Waals surface area (Å²) in [5, 5.41) is 4.49. The van der Waals surface area contributed by atoms with Crippen molar-refractivity contribution in [3.8, 4) is 11.8 Å². The summed E-state index contributed by atoms with van der Waals surface area (Å²) in [4.78, 5) is 10.7. The van der Waals surface area contributed by atoms with Crippen LogP contribution in [0.1, 0.15) is 24.0 Å². The van der Waals surface area contributed by atoms with Gasteiger partial charge in [-0.05, 0) is 60.8 Å². The second-order valence-electron chi connectivity index (χ2n) is 7.36. The van der Waals surface area contributed by atoms with E-state index in [0.717, 1.165) is 37.0 Å². The van der Waals surface area contributed by atoms with Crippen LogP contribution in [0.3, 0.4) is 0 Å². The molecule has 0 bridgehead atoms. The highest BCUT2D eigenvalue weighted by Crippen LogP contribution is 2.19. The number of aromatic nitrogens is 2. The summed E-state index contributed by atoms with van der Waals surface area (Å²) in [6, 6.07) is 18.9. The number of halogens is 1. The minimum Gasteiger partial charge on any atom is -0.424 e. The molecule has 5 nitrogen and oxygen atoms in total. The van der Waals surface area contributed by atoms with Gasteiger partial charge in [-0.25, -0.2) is 9.97 Å². The van der Waals surface area contributed by atoms with Crippen LogP contribution < -0.4 is 10.1 Å². The zero-order chi connectivity index (χ0) is 19.9. The van der Waals surface area contributed by atoms with Crippen LogP contribution in [-0.4, -0.2) is 34.0 Å². The fourth-order valence-electron chi connectivity index (χ4n) is 3.59. The molecule has 2 aromatic carbocycles. The Morgan fingerprint density at radius 2 is 1.72 bits per heavy atom. The third-order valence-corrected chi connectivity index (χ3v) is 5.35. The van der Waals surface area contributed by atoms with Gasteiger partial charge in [-0.3, -0.25) is 4.90 Å². The molecule has 3 aromatic rings. The average Bonchev–Trinajstić information content (AvgIpc) is 2.76. The third kappa shape index (κ3) is 6.00. The summed E-state index contributed by atoms with van der Waals surface area (Å²) >= 11 is 5.99. The van der Waals surface area contributed by atoms with Gasteiger partial charge < -0.3 is 10.1 Å². The molecule has 0 aliphatic carbocycles. The van der Waals surface area contributed by atoms with Gasteiger partial charge in [0.1, 0.15) is 5.75 Å². The van der Waals surface area contributed by atoms with E-state index < -0.39 is 0 Å². The maximum atomic E-state index is 5.99. The Morgan fingerprint density at radius 1 is 1.00 bits per heavy atom. The third-order valence-electron chi connectivity index (χ3n) is 5.09. The number of nitrogens with zero attached hydrogens (tertiary/aromatic N) is 3. The Kier molecular flexibility index (Phi) is 6.72. The van der Waals surface area contributed by atoms with E-state index in [4.69, 9.17) is 16.3 Å². The fraction of sp³-hybridized carbons (Fsp3) is 0.304. The van der Waals surface area contributed by atoms with Crippen molar-refractivity contribution in [3.63, 3.8) is 0 Å². The van der Waals surface area contributed by atoms with Gasteiger partial charge in [0.2, 0.25) is 0 Å². The summed E-state index contributed by atoms with van der Waals surface area (Å²) in [5.41, 5.74) is 2.55. The molecule has 4 rings (SSSR count). The quantitative estimate of drug-likeness (QED) is 0.615. The lowest BCUT2D eigenvalue weighted by molar-refractivity contribution is 0.182. The van der Waals surface area contributed by atoms with Crippen molar-refractivity contribution in [1.82, 2.24) is 20.2 Å². The predicted molar refractivity (Wildman–Crippen MR) is 115 cm³/mol. The van der Waals surface area contributed by atoms with Gasteiger partial charge in [-0.2, -0.15) is 0 Å². The Hall–Kier alpha value is -2.47. The molecule has 1 fully saturated rings. The van der Waals surface area contributed by atoms with Crippen molar-refractivity contribution in [2.75, 3.05) is 13.1 Å². The predicted octanol–water partition coefficient (Wildman–Crippen LogP) is 4.68. The maximum Gasteiger partial charge on any atom is 0.321 e. The molecule has 0 saturated carbocycles. The minimum absolute atomic E-state index is 0.362. The molecule has 0 spiro atoms. The molecule has 1 saturated heterocycles. The molecular weight excluding hydrogens is 384 g/mol. The first-order valence-corrected chi connectivity index (χ1v) is 10.4. The van der Waals surface area contributed by atoms with Gasteiger partial charge in [-0.15, -0.1) is 0 Å². The molecule has 150 valence electrons. The van der Waals surface area contributed by atoms with Gasteiger partial charge in [0.25, 0.3) is 0 Å². The molecule has 1 aromatic heterocycles. The summed E-state index contributed by atoms with van der Waals surface area (Å²) in [6.07, 6.45) is 5.76. The second-order valence-corrected chi connectivity index (χ2v) is 7.80. The molecule has 0 amide bonds. The van der Waals surface area contributed by atoms with Crippen LogP contribution in [0.2, 0.25) is 5.02 Å². The normalized spacial score (nSPS) is 17.2. The number of benzene rings is 2. The molecule has 6 heteroatoms. The molecular formula is C23H25ClN4O. The van der Waals surface area contributed by atoms with Crippen LogP contribution in [0.5, 0.6) is 11.8 Å². The van der Waals surface area contributed by atoms with Crippen LogP contribution >= 0.6 is 11.6 Å². The van der Waals surface area contributed by atoms with Crippen LogP contribution in [0.15, 0.2) is 67.0 Å². The molecule has 0 radical (unpaired) electrons. The lowest BCUT2D eigenvalue weighted by Crippen LogP contribution is -2.44. The largest absolute Gasteiger partial charge is 0.424 e. The van der Waals surface area contributed by atoms with Crippen LogP contribution in [0, 0.1) is 0 Å². The van der Waals surface area contributed by atoms with Gasteiger partial charge in [0, 0.05) is 43.1 Å². The van der Waals surface area contributed by atoms with Crippen LogP contribution in [0.25, 0.3) is 0 Å². The van der Waals surface area contributed by atoms with Gasteiger partial charge >= 0.3 is 6.01 Å². The number of piperidine rings is 1. The first kappa shape index (κ1) is 19.8. The monoisotopic (exact) mass is 408 g/mol. The lowest BCUT2D eigenvalue weighted by Gasteiger charge is -2.33. The smallest absolute Gasteiger partial charge is 0.321 e. The Morgan fingerprint density at radius 3 is 2.48 bits per heavy atom. The lowest BCUT2D eigenvalue weighted by atomic mass is 10.0. The highest BCUT2D eigenvalue weighted by Gasteiger charge is 2.19. The number of likely N-dealkylation sites (tertiary alicyclic amines) is 1. The van der Waals surface area contributed by atoms with E-state index in [1.807, 2.05) is 24.3 Å². The van der Waals surface area contributed by atoms with Crippen molar-refractivity contribution in [1.29, 1.82) is 0 Å². The molecule has 0 unspecified atom stereocenters. The molecule has 1 aliphatic heterocycles. The molecule has 2 heterocycles. The highest BCUT2D eigenvalue weighted by atomic mass is 35.5. The number of hydrogen-bond acceptors (Lipinski definition) is 5. The maximum absolute atomic E-state index is 5.99. The minimum atomic E-state index is 0.362. The van der Waals surface area contributed by atoms with E-state index in [2.05, 4.69) is 44.5 Å². The summed E-state index contributed by atoms with van der Waals surface area (Å²) in [6.45, 7) is 4.04. The number of nitrogens with one attached hydrogen (secondary N) is 1. The van der Waals surface area contributed by atoms with Gasteiger partial charge in [0.15, 0.2) is 0 Å². The van der Waals surface area contributed by atoms with E-state index in [-0.39, 0.29) is 0 Å². The Balaban J connectivity index is 1.25. The van der Waals surface area contributed by atoms with E-state index in [1.54, 1.807) is 18.5 Å². The van der Waals surface area contributed by atoms with E-state index in [1.165, 1.54) is 24.0 Å². The van der Waals surface area contributed by atoms with Gasteiger partial charge in [-0.1, -0.05) is 35.9 Å². The SMILES string of the molecule is Clc1ccc(CN2CCC[C@H](NCc3ccc(Oc4ncccn4)cc3)C2)cc1. The number of rotatable bonds is 7. The standard InChI is InChI=1S/C23H25ClN4O/c24-20-8-4-19(5-9-20)16-28-14-1-3-21(17-28)27-15-18-6-10-22(11-7-18)29-23-25-12-2-13-26-23/h2,4-13,21,27H,1,3,14-17H2/t21-/m0/s1. The summed E-state index contributed by atoms with van der Waals surface area (Å²) < 4.78 is 5.65. The van der Waals surface area contributed by atoms with Crippen molar-refractivity contribution in [2.24, 2.45) is 0 Å². The zero-order valence-electron chi connectivity index (χ0n) is 16.3. The first-order chi connectivity index (χ1) is 14.2. The Bertz CT molecular complexity index is 887. The topological polar surface area (TPSA) is 50.3 Å². The molecule has 29 heavy (non-hydrogen) atoms. The average molecular weight is 409 g/mol. The zero-order valence-corrected chi connectivity index (χ0v) is 17.1. The van der Waals surface area contributed by atoms with Crippen LogP contribution in [-0.2, 0) is 13.1 Å². The van der Waals surface area contributed by atoms with Crippen molar-refractivity contribution in [2.45, 2.75) is 32.0 Å². The molecule has 1 aliphatic rings. The molecule has 1 atom stereocenters. The van der Waals surface area contributed by atoms with E-state index >= 15 is 0 Å². The van der Waals surface area contributed by atoms with Crippen molar-refractivity contribution >= 4 is 11.6 Å². The van der Waals surface area contributed by atoms with Crippen molar-refractivity contribution < 1.29 is 4.74 Å². The van der Waals surface area contributed by atoms with E-state index in [9.17, 15) is 0 Å². The summed E-state index contributed by atoms with van der Waals surface area (Å²) in [7, 11) is 0. The highest BCUT2D eigenvalue weighted by molar-refractivity contribution is 6.30. The molecule has 1 N–H and O–H groups in total. The fourth-order valence-corrected chi connectivity index (χ4v) is 3.72. The van der Waals surface area contributed by atoms with Crippen LogP contribution in [0.4, 0.5) is 0 Å².